The van der Waals surface area contributed by atoms with E-state index in [1.807, 2.05) is 13.0 Å². The van der Waals surface area contributed by atoms with Crippen molar-refractivity contribution in [2.24, 2.45) is 0 Å². The maximum absolute atomic E-state index is 9.81. The van der Waals surface area contributed by atoms with E-state index in [2.05, 4.69) is 43.6 Å². The maximum atomic E-state index is 9.81. The third-order valence-corrected chi connectivity index (χ3v) is 3.76. The lowest BCUT2D eigenvalue weighted by molar-refractivity contribution is 0.406. The molecular formula is C12H9Br2NO2. The van der Waals surface area contributed by atoms with Gasteiger partial charge < -0.3 is 9.63 Å². The number of benzene rings is 1. The van der Waals surface area contributed by atoms with Crippen LogP contribution in [0.25, 0.3) is 5.57 Å². The number of aromatic nitrogens is 1. The van der Waals surface area contributed by atoms with Crippen LogP contribution < -0.4 is 0 Å². The number of aryl methyl sites for hydroxylation is 1. The molecule has 1 heterocycles. The van der Waals surface area contributed by atoms with E-state index < -0.39 is 0 Å². The predicted molar refractivity (Wildman–Crippen MR) is 72.9 cm³/mol. The number of hydrogen-bond donors (Lipinski definition) is 1. The number of nitrogens with zero attached hydrogens (tertiary/aromatic N) is 1. The van der Waals surface area contributed by atoms with Gasteiger partial charge in [-0.3, -0.25) is 0 Å². The fourth-order valence-electron chi connectivity index (χ4n) is 1.41. The summed E-state index contributed by atoms with van der Waals surface area (Å²) < 4.78 is 6.34. The summed E-state index contributed by atoms with van der Waals surface area (Å²) in [6, 6.07) is 5.39. The Hall–Kier alpha value is -1.07. The van der Waals surface area contributed by atoms with E-state index in [0.717, 1.165) is 11.3 Å². The number of hydrogen-bond acceptors (Lipinski definition) is 3. The largest absolute Gasteiger partial charge is 0.506 e. The number of phenolic OH excluding ortho intramolecular Hbond substituents is 1. The van der Waals surface area contributed by atoms with Crippen LogP contribution in [0.4, 0.5) is 0 Å². The van der Waals surface area contributed by atoms with Crippen molar-refractivity contribution in [3.05, 3.63) is 50.7 Å². The Bertz CT molecular complexity index is 590. The molecule has 0 fully saturated rings. The molecule has 1 aromatic heterocycles. The molecule has 17 heavy (non-hydrogen) atoms. The van der Waals surface area contributed by atoms with E-state index in [0.29, 0.717) is 20.3 Å². The van der Waals surface area contributed by atoms with Gasteiger partial charge in [0.15, 0.2) is 5.76 Å². The second-order valence-electron chi connectivity index (χ2n) is 3.57. The van der Waals surface area contributed by atoms with E-state index in [1.54, 1.807) is 12.1 Å². The monoisotopic (exact) mass is 357 g/mol. The maximum Gasteiger partial charge on any atom is 0.167 e. The lowest BCUT2D eigenvalue weighted by Crippen LogP contribution is -1.87. The van der Waals surface area contributed by atoms with Crippen LogP contribution in [0.2, 0.25) is 0 Å². The quantitative estimate of drug-likeness (QED) is 0.871. The van der Waals surface area contributed by atoms with Gasteiger partial charge in [-0.05, 0) is 44.8 Å². The minimum Gasteiger partial charge on any atom is -0.506 e. The van der Waals surface area contributed by atoms with Crippen molar-refractivity contribution in [3.8, 4) is 5.75 Å². The summed E-state index contributed by atoms with van der Waals surface area (Å²) in [6.45, 7) is 5.79. The zero-order chi connectivity index (χ0) is 12.6. The topological polar surface area (TPSA) is 46.3 Å². The van der Waals surface area contributed by atoms with Gasteiger partial charge in [0.25, 0.3) is 0 Å². The molecular weight excluding hydrogens is 350 g/mol. The van der Waals surface area contributed by atoms with E-state index in [-0.39, 0.29) is 5.75 Å². The minimum atomic E-state index is 0.139. The summed E-state index contributed by atoms with van der Waals surface area (Å²) in [5.74, 6) is 0.727. The molecule has 1 N–H and O–H groups in total. The molecule has 1 aromatic carbocycles. The molecule has 0 spiro atoms. The lowest BCUT2D eigenvalue weighted by atomic mass is 10.0. The first-order chi connectivity index (χ1) is 8.00. The van der Waals surface area contributed by atoms with Crippen LogP contribution in [-0.4, -0.2) is 10.3 Å². The average molecular weight is 359 g/mol. The summed E-state index contributed by atoms with van der Waals surface area (Å²) in [5, 5.41) is 13.6. The van der Waals surface area contributed by atoms with Crippen molar-refractivity contribution in [1.82, 2.24) is 5.16 Å². The molecule has 0 amide bonds. The fourth-order valence-corrected chi connectivity index (χ4v) is 2.59. The van der Waals surface area contributed by atoms with Gasteiger partial charge in [-0.2, -0.15) is 0 Å². The van der Waals surface area contributed by atoms with Crippen molar-refractivity contribution >= 4 is 37.4 Å². The standard InChI is InChI=1S/C12H9Br2NO2/c1-6-5-10(17-15-6)7(2)8-3-4-9(13)12(16)11(8)14/h3-5,16H,2H2,1H3. The van der Waals surface area contributed by atoms with Crippen molar-refractivity contribution in [2.75, 3.05) is 0 Å². The normalized spacial score (nSPS) is 10.5. The van der Waals surface area contributed by atoms with Crippen LogP contribution in [0.5, 0.6) is 5.75 Å². The van der Waals surface area contributed by atoms with Gasteiger partial charge >= 0.3 is 0 Å². The number of aromatic hydroxyl groups is 1. The Balaban J connectivity index is 2.48. The molecule has 3 nitrogen and oxygen atoms in total. The van der Waals surface area contributed by atoms with Crippen LogP contribution in [-0.2, 0) is 0 Å². The summed E-state index contributed by atoms with van der Waals surface area (Å²) in [4.78, 5) is 0. The van der Waals surface area contributed by atoms with E-state index >= 15 is 0 Å². The Labute approximate surface area is 115 Å². The van der Waals surface area contributed by atoms with Gasteiger partial charge in [-0.25, -0.2) is 0 Å². The Morgan fingerprint density at radius 1 is 1.41 bits per heavy atom. The summed E-state index contributed by atoms with van der Waals surface area (Å²) in [6.07, 6.45) is 0. The van der Waals surface area contributed by atoms with E-state index in [9.17, 15) is 5.11 Å². The second-order valence-corrected chi connectivity index (χ2v) is 5.22. The molecule has 0 saturated carbocycles. The fraction of sp³-hybridized carbons (Fsp3) is 0.0833. The number of halogens is 2. The molecule has 2 rings (SSSR count). The molecule has 0 atom stereocenters. The van der Waals surface area contributed by atoms with Crippen molar-refractivity contribution in [3.63, 3.8) is 0 Å². The molecule has 0 bridgehead atoms. The van der Waals surface area contributed by atoms with E-state index in [4.69, 9.17) is 4.52 Å². The zero-order valence-corrected chi connectivity index (χ0v) is 12.2. The molecule has 0 saturated heterocycles. The van der Waals surface area contributed by atoms with Gasteiger partial charge in [0.05, 0.1) is 14.6 Å². The molecule has 0 unspecified atom stereocenters. The third kappa shape index (κ3) is 2.30. The van der Waals surface area contributed by atoms with Crippen molar-refractivity contribution < 1.29 is 9.63 Å². The highest BCUT2D eigenvalue weighted by atomic mass is 79.9. The van der Waals surface area contributed by atoms with Crippen molar-refractivity contribution in [2.45, 2.75) is 6.92 Å². The molecule has 0 aliphatic carbocycles. The highest BCUT2D eigenvalue weighted by Crippen LogP contribution is 2.39. The van der Waals surface area contributed by atoms with Crippen LogP contribution in [0.15, 0.2) is 38.2 Å². The Morgan fingerprint density at radius 3 is 2.71 bits per heavy atom. The van der Waals surface area contributed by atoms with Gasteiger partial charge in [0.1, 0.15) is 5.75 Å². The van der Waals surface area contributed by atoms with Gasteiger partial charge in [-0.1, -0.05) is 17.8 Å². The Kier molecular flexibility index (Phi) is 3.40. The smallest absolute Gasteiger partial charge is 0.167 e. The number of rotatable bonds is 2. The van der Waals surface area contributed by atoms with Crippen LogP contribution >= 0.6 is 31.9 Å². The molecule has 0 radical (unpaired) electrons. The van der Waals surface area contributed by atoms with Gasteiger partial charge in [0, 0.05) is 17.2 Å². The number of phenols is 1. The molecule has 5 heteroatoms. The molecule has 2 aromatic rings. The van der Waals surface area contributed by atoms with E-state index in [1.165, 1.54) is 0 Å². The lowest BCUT2D eigenvalue weighted by Gasteiger charge is -2.08. The summed E-state index contributed by atoms with van der Waals surface area (Å²) in [7, 11) is 0. The molecule has 88 valence electrons. The van der Waals surface area contributed by atoms with Gasteiger partial charge in [-0.15, -0.1) is 0 Å². The van der Waals surface area contributed by atoms with Crippen LogP contribution in [0.1, 0.15) is 17.0 Å². The highest BCUT2D eigenvalue weighted by Gasteiger charge is 2.15. The SMILES string of the molecule is C=C(c1cc(C)no1)c1ccc(Br)c(O)c1Br. The summed E-state index contributed by atoms with van der Waals surface area (Å²) >= 11 is 6.58. The predicted octanol–water partition coefficient (Wildman–Crippen LogP) is 4.28. The molecule has 0 aliphatic rings. The average Bonchev–Trinajstić information content (AvgIpc) is 2.72. The molecule has 0 aliphatic heterocycles. The van der Waals surface area contributed by atoms with Crippen LogP contribution in [0.3, 0.4) is 0 Å². The first-order valence-electron chi connectivity index (χ1n) is 4.80. The third-order valence-electron chi connectivity index (χ3n) is 2.32. The van der Waals surface area contributed by atoms with Gasteiger partial charge in [0.2, 0.25) is 0 Å². The first kappa shape index (κ1) is 12.4. The first-order valence-corrected chi connectivity index (χ1v) is 6.39. The summed E-state index contributed by atoms with van der Waals surface area (Å²) in [5.41, 5.74) is 2.22. The van der Waals surface area contributed by atoms with Crippen LogP contribution in [0, 0.1) is 6.92 Å². The minimum absolute atomic E-state index is 0.139. The van der Waals surface area contributed by atoms with Crippen molar-refractivity contribution in [1.29, 1.82) is 0 Å². The second kappa shape index (κ2) is 4.66. The Morgan fingerprint density at radius 2 is 2.12 bits per heavy atom. The highest BCUT2D eigenvalue weighted by molar-refractivity contribution is 9.11. The zero-order valence-electron chi connectivity index (χ0n) is 9.00.